The summed E-state index contributed by atoms with van der Waals surface area (Å²) in [5.41, 5.74) is 1.35. The van der Waals surface area contributed by atoms with Crippen molar-refractivity contribution in [3.8, 4) is 0 Å². The Morgan fingerprint density at radius 2 is 2.44 bits per heavy atom. The fourth-order valence-corrected chi connectivity index (χ4v) is 0.787. The molecule has 0 atom stereocenters. The van der Waals surface area contributed by atoms with Gasteiger partial charge in [-0.3, -0.25) is 6.08 Å². The molecule has 0 amide bonds. The molecular formula is C8H10Y-2. The molecule has 0 nitrogen and oxygen atoms in total. The Morgan fingerprint density at radius 3 is 2.78 bits per heavy atom. The summed E-state index contributed by atoms with van der Waals surface area (Å²) in [7, 11) is 0. The molecule has 1 aliphatic carbocycles. The van der Waals surface area contributed by atoms with Crippen LogP contribution in [-0.4, -0.2) is 0 Å². The van der Waals surface area contributed by atoms with Crippen LogP contribution in [0.3, 0.4) is 0 Å². The molecule has 0 aromatic rings. The van der Waals surface area contributed by atoms with Crippen LogP contribution < -0.4 is 0 Å². The monoisotopic (exact) mass is 195 g/mol. The second-order valence-electron chi connectivity index (χ2n) is 1.94. The topological polar surface area (TPSA) is 0 Å². The van der Waals surface area contributed by atoms with Gasteiger partial charge in [0.15, 0.2) is 0 Å². The molecule has 47 valence electrons. The van der Waals surface area contributed by atoms with Gasteiger partial charge in [0.05, 0.1) is 0 Å². The van der Waals surface area contributed by atoms with E-state index >= 15 is 0 Å². The summed E-state index contributed by atoms with van der Waals surface area (Å²) >= 11 is 0. The quantitative estimate of drug-likeness (QED) is 0.563. The average Bonchev–Trinajstić information content (AvgIpc) is 1.90. The molecule has 0 saturated carbocycles. The molecule has 0 aliphatic heterocycles. The minimum Gasteiger partial charge on any atom is -0.341 e. The molecule has 0 heterocycles. The van der Waals surface area contributed by atoms with Gasteiger partial charge in [0, 0.05) is 32.7 Å². The first-order valence-electron chi connectivity index (χ1n) is 2.99. The Morgan fingerprint density at radius 1 is 1.67 bits per heavy atom. The first-order valence-corrected chi connectivity index (χ1v) is 2.99. The Hall–Kier alpha value is 0.584. The number of rotatable bonds is 1. The summed E-state index contributed by atoms with van der Waals surface area (Å²) in [4.78, 5) is 0. The predicted octanol–water partition coefficient (Wildman–Crippen LogP) is 2.29. The molecule has 0 saturated heterocycles. The van der Waals surface area contributed by atoms with Gasteiger partial charge in [0.1, 0.15) is 0 Å². The van der Waals surface area contributed by atoms with E-state index < -0.39 is 0 Å². The van der Waals surface area contributed by atoms with Crippen LogP contribution in [0.2, 0.25) is 0 Å². The Labute approximate surface area is 82.3 Å². The van der Waals surface area contributed by atoms with Gasteiger partial charge in [-0.15, -0.1) is 0 Å². The van der Waals surface area contributed by atoms with E-state index in [0.717, 1.165) is 6.42 Å². The minimum atomic E-state index is 0. The van der Waals surface area contributed by atoms with Crippen LogP contribution in [0.15, 0.2) is 17.7 Å². The van der Waals surface area contributed by atoms with Crippen molar-refractivity contribution in [1.29, 1.82) is 0 Å². The normalized spacial score (nSPS) is 16.3. The van der Waals surface area contributed by atoms with Gasteiger partial charge >= 0.3 is 0 Å². The molecule has 0 aromatic heterocycles. The molecule has 0 spiro atoms. The summed E-state index contributed by atoms with van der Waals surface area (Å²) < 4.78 is 0. The van der Waals surface area contributed by atoms with E-state index in [0.29, 0.717) is 0 Å². The van der Waals surface area contributed by atoms with E-state index in [9.17, 15) is 0 Å². The van der Waals surface area contributed by atoms with Crippen LogP contribution in [0.4, 0.5) is 0 Å². The van der Waals surface area contributed by atoms with Gasteiger partial charge in [0.25, 0.3) is 0 Å². The van der Waals surface area contributed by atoms with Gasteiger partial charge in [-0.1, -0.05) is 12.8 Å². The van der Waals surface area contributed by atoms with Gasteiger partial charge in [-0.25, -0.2) is 12.2 Å². The van der Waals surface area contributed by atoms with E-state index in [4.69, 9.17) is 0 Å². The van der Waals surface area contributed by atoms with Crippen LogP contribution in [0.1, 0.15) is 19.3 Å². The predicted molar refractivity (Wildman–Crippen MR) is 35.1 cm³/mol. The Kier molecular flexibility index (Phi) is 5.72. The number of allylic oxidation sites excluding steroid dienone is 4. The fourth-order valence-electron chi connectivity index (χ4n) is 0.787. The smallest absolute Gasteiger partial charge is 0 e. The van der Waals surface area contributed by atoms with Crippen LogP contribution in [0.5, 0.6) is 0 Å². The minimum absolute atomic E-state index is 0. The summed E-state index contributed by atoms with van der Waals surface area (Å²) in [6, 6.07) is 0. The van der Waals surface area contributed by atoms with Gasteiger partial charge in [0.2, 0.25) is 0 Å². The van der Waals surface area contributed by atoms with Crippen LogP contribution in [0, 0.1) is 13.0 Å². The molecule has 1 radical (unpaired) electrons. The third-order valence-corrected chi connectivity index (χ3v) is 1.32. The zero-order valence-electron chi connectivity index (χ0n) is 5.56. The summed E-state index contributed by atoms with van der Waals surface area (Å²) in [6.45, 7) is 3.78. The van der Waals surface area contributed by atoms with Crippen molar-refractivity contribution in [3.05, 3.63) is 30.7 Å². The van der Waals surface area contributed by atoms with Gasteiger partial charge in [-0.2, -0.15) is 12.0 Å². The summed E-state index contributed by atoms with van der Waals surface area (Å²) in [5, 5.41) is 0. The molecule has 0 N–H and O–H groups in total. The fraction of sp³-hybridized carbons (Fsp3) is 0.375. The molecule has 1 aliphatic rings. The van der Waals surface area contributed by atoms with E-state index in [1.165, 1.54) is 18.4 Å². The molecule has 1 rings (SSSR count). The first kappa shape index (κ1) is 9.58. The van der Waals surface area contributed by atoms with Crippen molar-refractivity contribution in [3.63, 3.8) is 0 Å². The SMILES string of the molecule is [CH2-]CC1=[C-]C=CCC1.[Y]. The van der Waals surface area contributed by atoms with Crippen LogP contribution in [0.25, 0.3) is 0 Å². The third-order valence-electron chi connectivity index (χ3n) is 1.32. The Balaban J connectivity index is 0.000000640. The Bertz CT molecular complexity index is 123. The zero-order chi connectivity index (χ0) is 5.82. The molecule has 0 fully saturated rings. The largest absolute Gasteiger partial charge is 0.341 e. The second kappa shape index (κ2) is 5.38. The first-order chi connectivity index (χ1) is 3.93. The number of hydrogen-bond acceptors (Lipinski definition) is 0. The van der Waals surface area contributed by atoms with E-state index in [2.05, 4.69) is 19.1 Å². The van der Waals surface area contributed by atoms with Crippen LogP contribution in [-0.2, 0) is 32.7 Å². The standard InChI is InChI=1S/C8H10.Y/c1-2-8-6-4-3-5-7-8;/h3-4H,1-2,5,7H2;/q-2;. The maximum absolute atomic E-state index is 3.78. The molecular weight excluding hydrogens is 185 g/mol. The summed E-state index contributed by atoms with van der Waals surface area (Å²) in [6.07, 6.45) is 10.5. The molecule has 0 bridgehead atoms. The number of hydrogen-bond donors (Lipinski definition) is 0. The van der Waals surface area contributed by atoms with Crippen LogP contribution >= 0.6 is 0 Å². The van der Waals surface area contributed by atoms with Crippen molar-refractivity contribution in [1.82, 2.24) is 0 Å². The summed E-state index contributed by atoms with van der Waals surface area (Å²) in [5.74, 6) is 0. The van der Waals surface area contributed by atoms with Crippen molar-refractivity contribution in [2.24, 2.45) is 0 Å². The molecule has 1 heteroatoms. The van der Waals surface area contributed by atoms with E-state index in [1.54, 1.807) is 0 Å². The van der Waals surface area contributed by atoms with Crippen molar-refractivity contribution < 1.29 is 32.7 Å². The van der Waals surface area contributed by atoms with E-state index in [1.807, 2.05) is 6.08 Å². The average molecular weight is 195 g/mol. The zero-order valence-corrected chi connectivity index (χ0v) is 8.40. The molecule has 9 heavy (non-hydrogen) atoms. The van der Waals surface area contributed by atoms with E-state index in [-0.39, 0.29) is 32.7 Å². The van der Waals surface area contributed by atoms with Gasteiger partial charge in [-0.05, 0) is 0 Å². The van der Waals surface area contributed by atoms with Crippen molar-refractivity contribution in [2.75, 3.05) is 0 Å². The third kappa shape index (κ3) is 3.32. The molecule has 0 aromatic carbocycles. The van der Waals surface area contributed by atoms with Crippen molar-refractivity contribution >= 4 is 0 Å². The maximum atomic E-state index is 3.78. The maximum Gasteiger partial charge on any atom is 0 e. The molecule has 0 unspecified atom stereocenters. The second-order valence-corrected chi connectivity index (χ2v) is 1.94. The van der Waals surface area contributed by atoms with Crippen molar-refractivity contribution in [2.45, 2.75) is 19.3 Å². The van der Waals surface area contributed by atoms with Gasteiger partial charge < -0.3 is 6.92 Å².